The Labute approximate surface area is 401 Å². The van der Waals surface area contributed by atoms with Gasteiger partial charge in [-0.2, -0.15) is 0 Å². The molecule has 0 aliphatic heterocycles. The maximum absolute atomic E-state index is 12.8. The van der Waals surface area contributed by atoms with Crippen LogP contribution in [-0.2, 0) is 32.7 Å². The lowest BCUT2D eigenvalue weighted by molar-refractivity contribution is -0.220. The molecule has 6 N–H and O–H groups in total. The van der Waals surface area contributed by atoms with Crippen molar-refractivity contribution in [2.24, 2.45) is 0 Å². The van der Waals surface area contributed by atoms with E-state index in [1.54, 1.807) is 0 Å². The first-order valence-electron chi connectivity index (χ1n) is 27.0. The maximum Gasteiger partial charge on any atom is 0.472 e. The minimum atomic E-state index is -5.13. The van der Waals surface area contributed by atoms with Gasteiger partial charge in [-0.15, -0.1) is 0 Å². The maximum atomic E-state index is 12.8. The molecule has 1 aliphatic rings. The Morgan fingerprint density at radius 2 is 0.803 bits per heavy atom. The molecule has 1 aliphatic carbocycles. The number of allylic oxidation sites excluding steroid dienone is 2. The lowest BCUT2D eigenvalue weighted by atomic mass is 9.85. The zero-order valence-corrected chi connectivity index (χ0v) is 42.7. The first-order valence-corrected chi connectivity index (χ1v) is 28.5. The smallest absolute Gasteiger partial charge is 0.462 e. The molecule has 13 nitrogen and oxygen atoms in total. The van der Waals surface area contributed by atoms with Crippen molar-refractivity contribution in [2.75, 3.05) is 13.2 Å². The van der Waals surface area contributed by atoms with Gasteiger partial charge >= 0.3 is 19.8 Å². The van der Waals surface area contributed by atoms with E-state index in [4.69, 9.17) is 18.5 Å². The number of aliphatic hydroxyl groups is 5. The second kappa shape index (κ2) is 42.5. The first-order chi connectivity index (χ1) is 31.9. The summed E-state index contributed by atoms with van der Waals surface area (Å²) >= 11 is 0. The van der Waals surface area contributed by atoms with Crippen molar-refractivity contribution in [1.29, 1.82) is 0 Å². The summed E-state index contributed by atoms with van der Waals surface area (Å²) in [4.78, 5) is 35.8. The van der Waals surface area contributed by atoms with E-state index >= 15 is 0 Å². The third kappa shape index (κ3) is 34.0. The van der Waals surface area contributed by atoms with E-state index in [9.17, 15) is 44.6 Å². The van der Waals surface area contributed by atoms with Crippen LogP contribution in [0.3, 0.4) is 0 Å². The Kier molecular flexibility index (Phi) is 40.3. The van der Waals surface area contributed by atoms with Crippen LogP contribution in [0.1, 0.15) is 251 Å². The Hall–Kier alpha value is -1.41. The van der Waals surface area contributed by atoms with Crippen molar-refractivity contribution < 1.29 is 63.1 Å². The molecule has 0 spiro atoms. The van der Waals surface area contributed by atoms with E-state index in [1.165, 1.54) is 180 Å². The molecule has 8 atom stereocenters. The molecule has 390 valence electrons. The van der Waals surface area contributed by atoms with Crippen LogP contribution in [0.25, 0.3) is 0 Å². The molecule has 0 aromatic heterocycles. The van der Waals surface area contributed by atoms with E-state index in [-0.39, 0.29) is 12.8 Å². The van der Waals surface area contributed by atoms with Gasteiger partial charge in [0.1, 0.15) is 43.2 Å². The number of rotatable bonds is 46. The molecule has 6 unspecified atom stereocenters. The predicted molar refractivity (Wildman–Crippen MR) is 263 cm³/mol. The molecule has 0 amide bonds. The first kappa shape index (κ1) is 62.6. The van der Waals surface area contributed by atoms with Gasteiger partial charge < -0.3 is 39.9 Å². The fraction of sp³-hybridized carbons (Fsp3) is 0.923. The van der Waals surface area contributed by atoms with Crippen molar-refractivity contribution in [1.82, 2.24) is 0 Å². The highest BCUT2D eigenvalue weighted by atomic mass is 31.2. The van der Waals surface area contributed by atoms with Crippen LogP contribution in [-0.4, -0.2) is 98.3 Å². The summed E-state index contributed by atoms with van der Waals surface area (Å²) in [6.45, 7) is 3.32. The molecule has 14 heteroatoms. The van der Waals surface area contributed by atoms with Crippen molar-refractivity contribution in [2.45, 2.75) is 294 Å². The standard InChI is InChI=1S/C52H99O13P/c1-3-5-7-9-11-13-15-17-19-20-21-22-23-24-25-27-28-30-32-34-36-38-40-45(53)62-42-44(43-63-66(60,61)65-52-50(58)48(56)47(55)49(57)51(52)59)64-46(54)41-39-37-35-33-31-29-26-18-16-14-12-10-8-6-4-2/h35,37,44,47-52,55-59H,3-34,36,38-43H2,1-2H3,(H,60,61)/b37-35+/t44-,47?,48-,49?,50?,51?,52?/m0/s1. The summed E-state index contributed by atoms with van der Waals surface area (Å²) in [5.74, 6) is -1.14. The summed E-state index contributed by atoms with van der Waals surface area (Å²) < 4.78 is 33.6. The number of hydrogen-bond donors (Lipinski definition) is 6. The Morgan fingerprint density at radius 1 is 0.455 bits per heavy atom. The fourth-order valence-corrected chi connectivity index (χ4v) is 9.52. The molecule has 1 fully saturated rings. The normalized spacial score (nSPS) is 21.3. The Bertz CT molecular complexity index is 1200. The molecule has 0 heterocycles. The average Bonchev–Trinajstić information content (AvgIpc) is 3.30. The summed E-state index contributed by atoms with van der Waals surface area (Å²) in [5.41, 5.74) is 0. The molecule has 1 rings (SSSR count). The second-order valence-electron chi connectivity index (χ2n) is 19.1. The molecular weight excluding hydrogens is 864 g/mol. The highest BCUT2D eigenvalue weighted by molar-refractivity contribution is 7.47. The van der Waals surface area contributed by atoms with Gasteiger partial charge in [0.15, 0.2) is 6.10 Å². The van der Waals surface area contributed by atoms with Gasteiger partial charge in [0, 0.05) is 12.8 Å². The quantitative estimate of drug-likeness (QED) is 0.0145. The molecule has 0 radical (unpaired) electrons. The van der Waals surface area contributed by atoms with Crippen LogP contribution in [0.5, 0.6) is 0 Å². The number of carbonyl (C=O) groups is 2. The zero-order chi connectivity index (χ0) is 48.5. The van der Waals surface area contributed by atoms with Crippen LogP contribution in [0.15, 0.2) is 12.2 Å². The van der Waals surface area contributed by atoms with Crippen molar-refractivity contribution >= 4 is 19.8 Å². The number of ether oxygens (including phenoxy) is 2. The average molecular weight is 963 g/mol. The minimum Gasteiger partial charge on any atom is -0.462 e. The van der Waals surface area contributed by atoms with Crippen molar-refractivity contribution in [3.05, 3.63) is 12.2 Å². The van der Waals surface area contributed by atoms with Gasteiger partial charge in [-0.3, -0.25) is 18.6 Å². The van der Waals surface area contributed by atoms with Gasteiger partial charge in [0.25, 0.3) is 0 Å². The van der Waals surface area contributed by atoms with Crippen LogP contribution < -0.4 is 0 Å². The van der Waals surface area contributed by atoms with Gasteiger partial charge in [0.2, 0.25) is 0 Å². The number of carbonyl (C=O) groups excluding carboxylic acids is 2. The zero-order valence-electron chi connectivity index (χ0n) is 41.8. The lowest BCUT2D eigenvalue weighted by Gasteiger charge is -2.41. The van der Waals surface area contributed by atoms with Crippen molar-refractivity contribution in [3.63, 3.8) is 0 Å². The summed E-state index contributed by atoms with van der Waals surface area (Å²) in [6, 6.07) is 0. The number of esters is 2. The molecule has 0 saturated heterocycles. The Balaban J connectivity index is 2.35. The number of unbranched alkanes of at least 4 members (excludes halogenated alkanes) is 32. The fourth-order valence-electron chi connectivity index (χ4n) is 8.54. The van der Waals surface area contributed by atoms with Gasteiger partial charge in [0.05, 0.1) is 6.61 Å². The predicted octanol–water partition coefficient (Wildman–Crippen LogP) is 11.8. The van der Waals surface area contributed by atoms with E-state index < -0.39 is 75.7 Å². The summed E-state index contributed by atoms with van der Waals surface area (Å²) in [7, 11) is -5.13. The molecule has 0 aromatic carbocycles. The highest BCUT2D eigenvalue weighted by Crippen LogP contribution is 2.47. The molecule has 66 heavy (non-hydrogen) atoms. The van der Waals surface area contributed by atoms with Gasteiger partial charge in [-0.1, -0.05) is 225 Å². The minimum absolute atomic E-state index is 0.0184. The monoisotopic (exact) mass is 963 g/mol. The van der Waals surface area contributed by atoms with Gasteiger partial charge in [-0.25, -0.2) is 4.57 Å². The second-order valence-corrected chi connectivity index (χ2v) is 20.5. The number of aliphatic hydroxyl groups excluding tert-OH is 5. The lowest BCUT2D eigenvalue weighted by Crippen LogP contribution is -2.64. The third-order valence-corrected chi connectivity index (χ3v) is 13.9. The number of hydrogen-bond acceptors (Lipinski definition) is 12. The molecule has 0 aromatic rings. The third-order valence-electron chi connectivity index (χ3n) is 12.9. The van der Waals surface area contributed by atoms with E-state index in [2.05, 4.69) is 13.8 Å². The van der Waals surface area contributed by atoms with E-state index in [0.717, 1.165) is 32.1 Å². The van der Waals surface area contributed by atoms with E-state index in [0.29, 0.717) is 12.8 Å². The molecule has 1 saturated carbocycles. The summed E-state index contributed by atoms with van der Waals surface area (Å²) in [6.07, 6.45) is 34.2. The van der Waals surface area contributed by atoms with Crippen LogP contribution in [0.4, 0.5) is 0 Å². The van der Waals surface area contributed by atoms with Crippen LogP contribution in [0, 0.1) is 0 Å². The topological polar surface area (TPSA) is 210 Å². The molecular formula is C52H99O13P. The highest BCUT2D eigenvalue weighted by Gasteiger charge is 2.51. The van der Waals surface area contributed by atoms with Gasteiger partial charge in [-0.05, 0) is 25.7 Å². The summed E-state index contributed by atoms with van der Waals surface area (Å²) in [5, 5.41) is 50.3. The molecule has 0 bridgehead atoms. The number of phosphoric ester groups is 1. The largest absolute Gasteiger partial charge is 0.472 e. The Morgan fingerprint density at radius 3 is 1.21 bits per heavy atom. The van der Waals surface area contributed by atoms with Crippen LogP contribution >= 0.6 is 7.82 Å². The number of phosphoric acid groups is 1. The van der Waals surface area contributed by atoms with Crippen molar-refractivity contribution in [3.8, 4) is 0 Å². The SMILES string of the molecule is CCCCCCCCCCCCC/C=C/CCC(=O)O[C@@H](COC(=O)CCCCCCCCCCCCCCCCCCCCCCCC)COP(=O)(O)OC1C(O)C(O)C(O)[C@H](O)C1O. The van der Waals surface area contributed by atoms with E-state index in [1.807, 2.05) is 12.2 Å². The van der Waals surface area contributed by atoms with Crippen LogP contribution in [0.2, 0.25) is 0 Å².